The summed E-state index contributed by atoms with van der Waals surface area (Å²) in [6.45, 7) is 0.535. The molecule has 0 radical (unpaired) electrons. The second kappa shape index (κ2) is 6.93. The Labute approximate surface area is 151 Å². The van der Waals surface area contributed by atoms with Crippen LogP contribution in [-0.2, 0) is 23.0 Å². The summed E-state index contributed by atoms with van der Waals surface area (Å²) in [5, 5.41) is 11.5. The summed E-state index contributed by atoms with van der Waals surface area (Å²) in [6.07, 6.45) is 4.32. The Kier molecular flexibility index (Phi) is 4.65. The van der Waals surface area contributed by atoms with Gasteiger partial charge in [-0.15, -0.1) is 0 Å². The molecule has 0 aliphatic carbocycles. The van der Waals surface area contributed by atoms with Crippen molar-refractivity contribution >= 4 is 10.8 Å². The molecule has 2 unspecified atom stereocenters. The molecule has 0 saturated carbocycles. The van der Waals surface area contributed by atoms with Crippen molar-refractivity contribution in [3.63, 3.8) is 0 Å². The van der Waals surface area contributed by atoms with Crippen LogP contribution in [0, 0.1) is 0 Å². The van der Waals surface area contributed by atoms with Crippen LogP contribution in [0.1, 0.15) is 43.2 Å². The Morgan fingerprint density at radius 2 is 1.64 bits per heavy atom. The molecule has 2 aromatic rings. The first-order chi connectivity index (χ1) is 12.1. The number of hydrogen-bond donors (Lipinski definition) is 1. The van der Waals surface area contributed by atoms with E-state index in [1.165, 1.54) is 0 Å². The lowest BCUT2D eigenvalue weighted by atomic mass is 9.80. The van der Waals surface area contributed by atoms with E-state index in [2.05, 4.69) is 0 Å². The molecule has 132 valence electrons. The van der Waals surface area contributed by atoms with Crippen molar-refractivity contribution in [3.05, 3.63) is 65.7 Å². The first kappa shape index (κ1) is 16.8. The van der Waals surface area contributed by atoms with Gasteiger partial charge in [-0.25, -0.2) is 0 Å². The van der Waals surface area contributed by atoms with Gasteiger partial charge in [-0.2, -0.15) is 0 Å². The molecular formula is C21H24O3S. The second-order valence-electron chi connectivity index (χ2n) is 7.24. The average Bonchev–Trinajstić information content (AvgIpc) is 2.63. The van der Waals surface area contributed by atoms with Gasteiger partial charge in [-0.1, -0.05) is 48.9 Å². The summed E-state index contributed by atoms with van der Waals surface area (Å²) in [7, 11) is -0.770. The fourth-order valence-corrected chi connectivity index (χ4v) is 6.34. The Bertz CT molecular complexity index is 725. The largest absolute Gasteiger partial charge is 0.489 e. The van der Waals surface area contributed by atoms with Crippen LogP contribution in [0.5, 0.6) is 5.75 Å². The minimum Gasteiger partial charge on any atom is -0.489 e. The average molecular weight is 356 g/mol. The molecule has 4 heteroatoms. The maximum absolute atomic E-state index is 12.4. The second-order valence-corrected chi connectivity index (χ2v) is 9.23. The van der Waals surface area contributed by atoms with Crippen LogP contribution in [0.3, 0.4) is 0 Å². The molecule has 2 fully saturated rings. The predicted molar refractivity (Wildman–Crippen MR) is 99.9 cm³/mol. The molecule has 2 aliphatic heterocycles. The van der Waals surface area contributed by atoms with Gasteiger partial charge in [0, 0.05) is 21.3 Å². The molecule has 4 rings (SSSR count). The van der Waals surface area contributed by atoms with Gasteiger partial charge in [0.1, 0.15) is 12.4 Å². The first-order valence-corrected chi connectivity index (χ1v) is 10.3. The van der Waals surface area contributed by atoms with E-state index in [0.29, 0.717) is 19.4 Å². The van der Waals surface area contributed by atoms with E-state index >= 15 is 0 Å². The number of hydrogen-bond acceptors (Lipinski definition) is 3. The molecule has 1 N–H and O–H groups in total. The van der Waals surface area contributed by atoms with E-state index in [1.54, 1.807) is 0 Å². The zero-order chi connectivity index (χ0) is 17.3. The highest BCUT2D eigenvalue weighted by Gasteiger charge is 2.46. The number of benzene rings is 2. The van der Waals surface area contributed by atoms with Crippen LogP contribution in [0.25, 0.3) is 0 Å². The smallest absolute Gasteiger partial charge is 0.119 e. The third-order valence-corrected chi connectivity index (χ3v) is 7.60. The molecule has 2 heterocycles. The number of rotatable bonds is 4. The first-order valence-electron chi connectivity index (χ1n) is 9.03. The van der Waals surface area contributed by atoms with E-state index < -0.39 is 16.4 Å². The molecule has 25 heavy (non-hydrogen) atoms. The van der Waals surface area contributed by atoms with Crippen LogP contribution >= 0.6 is 0 Å². The van der Waals surface area contributed by atoms with Gasteiger partial charge < -0.3 is 9.84 Å². The fourth-order valence-electron chi connectivity index (χ4n) is 4.12. The van der Waals surface area contributed by atoms with Gasteiger partial charge in [0.2, 0.25) is 0 Å². The molecule has 2 atom stereocenters. The lowest BCUT2D eigenvalue weighted by molar-refractivity contribution is 0.00650. The summed E-state index contributed by atoms with van der Waals surface area (Å²) in [5.41, 5.74) is 1.21. The Morgan fingerprint density at radius 3 is 2.28 bits per heavy atom. The lowest BCUT2D eigenvalue weighted by Gasteiger charge is -2.43. The lowest BCUT2D eigenvalue weighted by Crippen LogP contribution is -2.47. The van der Waals surface area contributed by atoms with Gasteiger partial charge >= 0.3 is 0 Å². The summed E-state index contributed by atoms with van der Waals surface area (Å²) in [5.74, 6) is 0.802. The molecule has 3 nitrogen and oxygen atoms in total. The van der Waals surface area contributed by atoms with Gasteiger partial charge in [0.15, 0.2) is 0 Å². The normalized spacial score (nSPS) is 31.5. The van der Waals surface area contributed by atoms with Crippen molar-refractivity contribution in [2.75, 3.05) is 0 Å². The Balaban J connectivity index is 1.45. The van der Waals surface area contributed by atoms with Crippen molar-refractivity contribution in [3.8, 4) is 5.75 Å². The van der Waals surface area contributed by atoms with Gasteiger partial charge in [-0.3, -0.25) is 4.21 Å². The maximum Gasteiger partial charge on any atom is 0.119 e. The Hall–Kier alpha value is -1.65. The molecule has 0 amide bonds. The van der Waals surface area contributed by atoms with Crippen LogP contribution in [0.2, 0.25) is 0 Å². The third kappa shape index (κ3) is 3.51. The predicted octanol–water partition coefficient (Wildman–Crippen LogP) is 3.92. The number of ether oxygens (including phenoxy) is 1. The van der Waals surface area contributed by atoms with Crippen LogP contribution in [0.4, 0.5) is 0 Å². The monoisotopic (exact) mass is 356 g/mol. The zero-order valence-corrected chi connectivity index (χ0v) is 15.1. The summed E-state index contributed by atoms with van der Waals surface area (Å²) in [6, 6.07) is 17.9. The van der Waals surface area contributed by atoms with Gasteiger partial charge in [-0.05, 0) is 48.9 Å². The van der Waals surface area contributed by atoms with Crippen molar-refractivity contribution in [1.29, 1.82) is 0 Å². The van der Waals surface area contributed by atoms with Crippen molar-refractivity contribution in [1.82, 2.24) is 0 Å². The van der Waals surface area contributed by atoms with E-state index in [1.807, 2.05) is 54.6 Å². The van der Waals surface area contributed by atoms with E-state index in [-0.39, 0.29) is 10.5 Å². The molecule has 0 spiro atoms. The molecule has 0 aromatic heterocycles. The molecule has 2 aliphatic rings. The Morgan fingerprint density at radius 1 is 1.00 bits per heavy atom. The quantitative estimate of drug-likeness (QED) is 0.903. The summed E-state index contributed by atoms with van der Waals surface area (Å²) < 4.78 is 18.2. The van der Waals surface area contributed by atoms with E-state index in [0.717, 1.165) is 36.1 Å². The van der Waals surface area contributed by atoms with Crippen molar-refractivity contribution < 1.29 is 14.1 Å². The maximum atomic E-state index is 12.4. The minimum atomic E-state index is -0.846. The molecular weight excluding hydrogens is 332 g/mol. The van der Waals surface area contributed by atoms with Crippen LogP contribution < -0.4 is 4.74 Å². The zero-order valence-electron chi connectivity index (χ0n) is 14.3. The fraction of sp³-hybridized carbons (Fsp3) is 0.429. The standard InChI is InChI=1S/C21H24O3S/c22-21(13-19-7-4-8-20(14-21)25(19)23)17-9-11-18(12-10-17)24-15-16-5-2-1-3-6-16/h1-3,5-6,9-12,19-20,22H,4,7-8,13-15H2. The topological polar surface area (TPSA) is 46.5 Å². The van der Waals surface area contributed by atoms with E-state index in [4.69, 9.17) is 4.74 Å². The molecule has 2 bridgehead atoms. The third-order valence-electron chi connectivity index (χ3n) is 5.48. The minimum absolute atomic E-state index is 0.145. The van der Waals surface area contributed by atoms with Gasteiger partial charge in [0.05, 0.1) is 5.60 Å². The highest BCUT2D eigenvalue weighted by Crippen LogP contribution is 2.44. The molecule has 2 aromatic carbocycles. The molecule has 2 saturated heterocycles. The highest BCUT2D eigenvalue weighted by molar-refractivity contribution is 7.86. The van der Waals surface area contributed by atoms with Crippen LogP contribution in [-0.4, -0.2) is 19.8 Å². The van der Waals surface area contributed by atoms with Crippen LogP contribution in [0.15, 0.2) is 54.6 Å². The van der Waals surface area contributed by atoms with Crippen molar-refractivity contribution in [2.24, 2.45) is 0 Å². The number of aliphatic hydroxyl groups is 1. The highest BCUT2D eigenvalue weighted by atomic mass is 32.2. The van der Waals surface area contributed by atoms with Gasteiger partial charge in [0.25, 0.3) is 0 Å². The number of fused-ring (bicyclic) bond motifs is 2. The van der Waals surface area contributed by atoms with E-state index in [9.17, 15) is 9.32 Å². The summed E-state index contributed by atoms with van der Waals surface area (Å²) in [4.78, 5) is 0. The SMILES string of the molecule is O=S1C2CCCC1CC(O)(c1ccc(OCc3ccccc3)cc1)C2. The summed E-state index contributed by atoms with van der Waals surface area (Å²) >= 11 is 0. The van der Waals surface area contributed by atoms with Crippen molar-refractivity contribution in [2.45, 2.75) is 54.8 Å².